The summed E-state index contributed by atoms with van der Waals surface area (Å²) in [5.74, 6) is -0.151. The normalized spacial score (nSPS) is 17.7. The smallest absolute Gasteiger partial charge is 0.243 e. The highest BCUT2D eigenvalue weighted by Crippen LogP contribution is 2.23. The lowest BCUT2D eigenvalue weighted by Crippen LogP contribution is -2.35. The van der Waals surface area contributed by atoms with Crippen molar-refractivity contribution in [3.8, 4) is 0 Å². The molecular formula is C17H26N2O3S. The van der Waals surface area contributed by atoms with E-state index in [0.29, 0.717) is 18.8 Å². The minimum absolute atomic E-state index is 0.0700. The first-order chi connectivity index (χ1) is 10.9. The maximum atomic E-state index is 12.7. The largest absolute Gasteiger partial charge is 0.326 e. The van der Waals surface area contributed by atoms with E-state index in [1.165, 1.54) is 4.31 Å². The number of piperidine rings is 1. The van der Waals surface area contributed by atoms with Gasteiger partial charge < -0.3 is 5.32 Å². The standard InChI is InChI=1S/C17H26N2O3S/c1-3-8-14(2)17(20)18-15-9-7-10-16(13-15)23(21,22)19-11-5-4-6-12-19/h7,9-10,13-14H,3-6,8,11-12H2,1-2H3,(H,18,20). The van der Waals surface area contributed by atoms with Crippen molar-refractivity contribution >= 4 is 21.6 Å². The maximum Gasteiger partial charge on any atom is 0.243 e. The zero-order valence-electron chi connectivity index (χ0n) is 13.9. The van der Waals surface area contributed by atoms with Crippen LogP contribution in [0.2, 0.25) is 0 Å². The lowest BCUT2D eigenvalue weighted by Gasteiger charge is -2.26. The van der Waals surface area contributed by atoms with E-state index in [2.05, 4.69) is 5.32 Å². The van der Waals surface area contributed by atoms with E-state index in [0.717, 1.165) is 32.1 Å². The molecule has 1 aromatic carbocycles. The van der Waals surface area contributed by atoms with Gasteiger partial charge in [0.2, 0.25) is 15.9 Å². The number of nitrogens with zero attached hydrogens (tertiary/aromatic N) is 1. The molecule has 0 aliphatic carbocycles. The number of hydrogen-bond donors (Lipinski definition) is 1. The molecule has 0 bridgehead atoms. The van der Waals surface area contributed by atoms with Crippen molar-refractivity contribution in [2.24, 2.45) is 5.92 Å². The molecule has 0 saturated carbocycles. The molecule has 0 radical (unpaired) electrons. The van der Waals surface area contributed by atoms with Crippen LogP contribution in [0.15, 0.2) is 29.2 Å². The minimum Gasteiger partial charge on any atom is -0.326 e. The summed E-state index contributed by atoms with van der Waals surface area (Å²) in [6.07, 6.45) is 4.65. The van der Waals surface area contributed by atoms with Gasteiger partial charge in [0.05, 0.1) is 4.90 Å². The summed E-state index contributed by atoms with van der Waals surface area (Å²) in [5, 5.41) is 2.82. The summed E-state index contributed by atoms with van der Waals surface area (Å²) in [5.41, 5.74) is 0.538. The summed E-state index contributed by atoms with van der Waals surface area (Å²) in [6.45, 7) is 5.07. The van der Waals surface area contributed by atoms with Gasteiger partial charge in [-0.3, -0.25) is 4.79 Å². The predicted octanol–water partition coefficient (Wildman–Crippen LogP) is 3.24. The van der Waals surface area contributed by atoms with Gasteiger partial charge >= 0.3 is 0 Å². The third kappa shape index (κ3) is 4.54. The van der Waals surface area contributed by atoms with Gasteiger partial charge in [-0.05, 0) is 37.5 Å². The predicted molar refractivity (Wildman–Crippen MR) is 91.8 cm³/mol. The van der Waals surface area contributed by atoms with E-state index in [1.807, 2.05) is 13.8 Å². The Balaban J connectivity index is 2.14. The van der Waals surface area contributed by atoms with Gasteiger partial charge in [-0.1, -0.05) is 32.8 Å². The molecule has 1 fully saturated rings. The maximum absolute atomic E-state index is 12.7. The number of hydrogen-bond acceptors (Lipinski definition) is 3. The van der Waals surface area contributed by atoms with Crippen LogP contribution in [0.25, 0.3) is 0 Å². The van der Waals surface area contributed by atoms with Crippen LogP contribution in [-0.2, 0) is 14.8 Å². The van der Waals surface area contributed by atoms with Crippen LogP contribution in [-0.4, -0.2) is 31.7 Å². The Morgan fingerprint density at radius 3 is 2.61 bits per heavy atom. The van der Waals surface area contributed by atoms with Gasteiger partial charge in [-0.15, -0.1) is 0 Å². The fraction of sp³-hybridized carbons (Fsp3) is 0.588. The highest BCUT2D eigenvalue weighted by Gasteiger charge is 2.26. The molecule has 1 atom stereocenters. The van der Waals surface area contributed by atoms with Crippen molar-refractivity contribution in [1.82, 2.24) is 4.31 Å². The number of sulfonamides is 1. The average molecular weight is 338 g/mol. The van der Waals surface area contributed by atoms with Crippen LogP contribution in [0.1, 0.15) is 46.0 Å². The second-order valence-corrected chi connectivity index (χ2v) is 8.11. The zero-order chi connectivity index (χ0) is 16.9. The Morgan fingerprint density at radius 2 is 1.96 bits per heavy atom. The molecule has 6 heteroatoms. The molecule has 1 unspecified atom stereocenters. The molecule has 1 aliphatic heterocycles. The summed E-state index contributed by atoms with van der Waals surface area (Å²) in [6, 6.07) is 6.55. The van der Waals surface area contributed by atoms with Crippen LogP contribution in [0.5, 0.6) is 0 Å². The summed E-state index contributed by atoms with van der Waals surface area (Å²) in [7, 11) is -3.47. The molecule has 0 spiro atoms. The van der Waals surface area contributed by atoms with E-state index in [9.17, 15) is 13.2 Å². The Kier molecular flexibility index (Phi) is 6.18. The van der Waals surface area contributed by atoms with Gasteiger partial charge in [0.1, 0.15) is 0 Å². The molecule has 5 nitrogen and oxygen atoms in total. The monoisotopic (exact) mass is 338 g/mol. The fourth-order valence-corrected chi connectivity index (χ4v) is 4.38. The summed E-state index contributed by atoms with van der Waals surface area (Å²) in [4.78, 5) is 12.3. The molecule has 23 heavy (non-hydrogen) atoms. The van der Waals surface area contributed by atoms with Crippen LogP contribution in [0.4, 0.5) is 5.69 Å². The first-order valence-electron chi connectivity index (χ1n) is 8.36. The van der Waals surface area contributed by atoms with Gasteiger partial charge in [-0.25, -0.2) is 8.42 Å². The SMILES string of the molecule is CCCC(C)C(=O)Nc1cccc(S(=O)(=O)N2CCCCC2)c1. The average Bonchev–Trinajstić information content (AvgIpc) is 2.56. The van der Waals surface area contributed by atoms with Crippen LogP contribution in [0.3, 0.4) is 0 Å². The van der Waals surface area contributed by atoms with Crippen molar-refractivity contribution < 1.29 is 13.2 Å². The van der Waals surface area contributed by atoms with E-state index < -0.39 is 10.0 Å². The third-order valence-electron chi connectivity index (χ3n) is 4.22. The number of carbonyl (C=O) groups is 1. The van der Waals surface area contributed by atoms with E-state index >= 15 is 0 Å². The van der Waals surface area contributed by atoms with Crippen LogP contribution < -0.4 is 5.32 Å². The second kappa shape index (κ2) is 7.93. The van der Waals surface area contributed by atoms with Gasteiger partial charge in [0.15, 0.2) is 0 Å². The van der Waals surface area contributed by atoms with Gasteiger partial charge in [0.25, 0.3) is 0 Å². The highest BCUT2D eigenvalue weighted by molar-refractivity contribution is 7.89. The first-order valence-corrected chi connectivity index (χ1v) is 9.80. The quantitative estimate of drug-likeness (QED) is 0.866. The summed E-state index contributed by atoms with van der Waals surface area (Å²) < 4.78 is 26.9. The molecule has 1 aromatic rings. The van der Waals surface area contributed by atoms with E-state index in [1.54, 1.807) is 24.3 Å². The number of nitrogens with one attached hydrogen (secondary N) is 1. The molecule has 1 saturated heterocycles. The number of amides is 1. The lowest BCUT2D eigenvalue weighted by molar-refractivity contribution is -0.119. The number of benzene rings is 1. The van der Waals surface area contributed by atoms with Gasteiger partial charge in [-0.2, -0.15) is 4.31 Å². The number of anilines is 1. The van der Waals surface area contributed by atoms with Crippen molar-refractivity contribution in [1.29, 1.82) is 0 Å². The topological polar surface area (TPSA) is 66.5 Å². The van der Waals surface area contributed by atoms with Crippen molar-refractivity contribution in [2.75, 3.05) is 18.4 Å². The molecule has 2 rings (SSSR count). The first kappa shape index (κ1) is 17.9. The molecule has 1 heterocycles. The van der Waals surface area contributed by atoms with E-state index in [-0.39, 0.29) is 16.7 Å². The van der Waals surface area contributed by atoms with Crippen molar-refractivity contribution in [3.05, 3.63) is 24.3 Å². The molecule has 1 aliphatic rings. The summed E-state index contributed by atoms with van der Waals surface area (Å²) >= 11 is 0. The van der Waals surface area contributed by atoms with Crippen LogP contribution in [0, 0.1) is 5.92 Å². The Morgan fingerprint density at radius 1 is 1.26 bits per heavy atom. The van der Waals surface area contributed by atoms with Crippen LogP contribution >= 0.6 is 0 Å². The molecule has 0 aromatic heterocycles. The fourth-order valence-electron chi connectivity index (χ4n) is 2.82. The van der Waals surface area contributed by atoms with Crippen molar-refractivity contribution in [2.45, 2.75) is 50.8 Å². The Bertz CT molecular complexity index is 637. The minimum atomic E-state index is -3.47. The third-order valence-corrected chi connectivity index (χ3v) is 6.12. The zero-order valence-corrected chi connectivity index (χ0v) is 14.7. The molecular weight excluding hydrogens is 312 g/mol. The van der Waals surface area contributed by atoms with Gasteiger partial charge in [0, 0.05) is 24.7 Å². The molecule has 1 amide bonds. The molecule has 1 N–H and O–H groups in total. The number of rotatable bonds is 6. The number of carbonyl (C=O) groups excluding carboxylic acids is 1. The Hall–Kier alpha value is -1.40. The Labute approximate surface area is 139 Å². The second-order valence-electron chi connectivity index (χ2n) is 6.17. The highest BCUT2D eigenvalue weighted by atomic mass is 32.2. The lowest BCUT2D eigenvalue weighted by atomic mass is 10.1. The van der Waals surface area contributed by atoms with E-state index in [4.69, 9.17) is 0 Å². The van der Waals surface area contributed by atoms with Crippen molar-refractivity contribution in [3.63, 3.8) is 0 Å². The molecule has 128 valence electrons.